The normalized spacial score (nSPS) is 14.0. The van der Waals surface area contributed by atoms with Crippen LogP contribution in [0.5, 0.6) is 0 Å². The summed E-state index contributed by atoms with van der Waals surface area (Å²) in [6, 6.07) is 21.4. The summed E-state index contributed by atoms with van der Waals surface area (Å²) in [6.07, 6.45) is 7.09. The zero-order chi connectivity index (χ0) is 22.0. The Hall–Kier alpha value is -1.68. The highest BCUT2D eigenvalue weighted by Crippen LogP contribution is 2.37. The van der Waals surface area contributed by atoms with Crippen molar-refractivity contribution in [2.45, 2.75) is 77.9 Å². The number of allylic oxidation sites excluding steroid dienone is 1. The van der Waals surface area contributed by atoms with E-state index in [1.54, 1.807) is 0 Å². The van der Waals surface area contributed by atoms with Gasteiger partial charge >= 0.3 is 0 Å². The molecule has 0 aliphatic rings. The zero-order valence-electron chi connectivity index (χ0n) is 19.5. The van der Waals surface area contributed by atoms with Crippen molar-refractivity contribution in [2.24, 2.45) is 0 Å². The van der Waals surface area contributed by atoms with E-state index in [0.29, 0.717) is 13.0 Å². The van der Waals surface area contributed by atoms with Crippen molar-refractivity contribution in [3.8, 4) is 0 Å². The molecule has 0 bridgehead atoms. The lowest BCUT2D eigenvalue weighted by atomic mass is 10.1. The molecule has 1 unspecified atom stereocenters. The minimum Gasteiger partial charge on any atom is -0.403 e. The number of hydrogen-bond acceptors (Lipinski definition) is 2. The molecule has 0 saturated carbocycles. The van der Waals surface area contributed by atoms with Crippen molar-refractivity contribution < 1.29 is 9.53 Å². The average Bonchev–Trinajstić information content (AvgIpc) is 2.75. The zero-order valence-corrected chi connectivity index (χ0v) is 20.5. The van der Waals surface area contributed by atoms with Crippen molar-refractivity contribution in [3.05, 3.63) is 72.3 Å². The van der Waals surface area contributed by atoms with Gasteiger partial charge in [0.25, 0.3) is 8.32 Å². The second-order valence-corrected chi connectivity index (χ2v) is 13.5. The third-order valence-electron chi connectivity index (χ3n) is 5.90. The lowest BCUT2D eigenvalue weighted by molar-refractivity contribution is 0.185. The van der Waals surface area contributed by atoms with E-state index in [0.717, 1.165) is 18.4 Å². The molecule has 164 valence electrons. The van der Waals surface area contributed by atoms with Gasteiger partial charge in [-0.25, -0.2) is 0 Å². The maximum absolute atomic E-state index is 10.7. The van der Waals surface area contributed by atoms with E-state index in [-0.39, 0.29) is 5.04 Å². The van der Waals surface area contributed by atoms with Gasteiger partial charge in [-0.2, -0.15) is 0 Å². The maximum Gasteiger partial charge on any atom is 0.261 e. The first kappa shape index (κ1) is 24.6. The van der Waals surface area contributed by atoms with Crippen LogP contribution in [0, 0.1) is 0 Å². The largest absolute Gasteiger partial charge is 0.403 e. The molecular weight excluding hydrogens is 384 g/mol. The topological polar surface area (TPSA) is 29.5 Å². The van der Waals surface area contributed by atoms with Crippen LogP contribution >= 0.6 is 0 Å². The fourth-order valence-electron chi connectivity index (χ4n) is 4.19. The number of benzene rings is 2. The minimum atomic E-state index is -2.58. The van der Waals surface area contributed by atoms with Gasteiger partial charge in [-0.05, 0) is 40.2 Å². The summed E-state index contributed by atoms with van der Waals surface area (Å²) in [5, 5.41) is 13.2. The molecule has 2 rings (SSSR count). The van der Waals surface area contributed by atoms with Crippen LogP contribution in [0.4, 0.5) is 0 Å². The predicted molar refractivity (Wildman–Crippen MR) is 132 cm³/mol. The molecule has 2 nitrogen and oxygen atoms in total. The molecule has 0 aromatic heterocycles. The summed E-state index contributed by atoms with van der Waals surface area (Å²) in [7, 11) is -2.58. The third-order valence-corrected chi connectivity index (χ3v) is 10.9. The van der Waals surface area contributed by atoms with Gasteiger partial charge in [-0.3, -0.25) is 0 Å². The molecule has 0 aliphatic heterocycles. The second-order valence-electron chi connectivity index (χ2n) is 9.15. The summed E-state index contributed by atoms with van der Waals surface area (Å²) < 4.78 is 7.02. The Kier molecular flexibility index (Phi) is 9.54. The fourth-order valence-corrected chi connectivity index (χ4v) is 8.73. The first-order valence-corrected chi connectivity index (χ1v) is 13.4. The molecule has 0 heterocycles. The third kappa shape index (κ3) is 5.93. The Bertz CT molecular complexity index is 723. The van der Waals surface area contributed by atoms with Crippen LogP contribution in [0.2, 0.25) is 5.04 Å². The highest BCUT2D eigenvalue weighted by atomic mass is 28.4. The molecule has 0 aliphatic carbocycles. The summed E-state index contributed by atoms with van der Waals surface area (Å²) in [6.45, 7) is 11.6. The van der Waals surface area contributed by atoms with Crippen LogP contribution in [0.15, 0.2) is 72.3 Å². The van der Waals surface area contributed by atoms with Crippen molar-refractivity contribution >= 4 is 18.7 Å². The van der Waals surface area contributed by atoms with Crippen molar-refractivity contribution in [2.75, 3.05) is 6.61 Å². The molecule has 0 amide bonds. The number of aliphatic hydroxyl groups is 1. The van der Waals surface area contributed by atoms with Crippen molar-refractivity contribution in [1.82, 2.24) is 0 Å². The van der Waals surface area contributed by atoms with Crippen LogP contribution in [0.1, 0.15) is 66.7 Å². The molecule has 2 aromatic rings. The molecule has 0 spiro atoms. The lowest BCUT2D eigenvalue weighted by Crippen LogP contribution is -2.66. The van der Waals surface area contributed by atoms with E-state index in [4.69, 9.17) is 4.43 Å². The molecule has 0 radical (unpaired) electrons. The first-order chi connectivity index (χ1) is 14.4. The van der Waals surface area contributed by atoms with Crippen LogP contribution in [-0.4, -0.2) is 26.1 Å². The van der Waals surface area contributed by atoms with Crippen LogP contribution in [0.25, 0.3) is 0 Å². The van der Waals surface area contributed by atoms with E-state index in [2.05, 4.69) is 94.4 Å². The van der Waals surface area contributed by atoms with Gasteiger partial charge in [0.05, 0.1) is 12.7 Å². The SMILES string of the molecule is CCCCC/C=C(\CO[Si](c1ccccc1)(c1ccccc1)C(C)(C)C)C(O)CC. The number of unbranched alkanes of at least 4 members (excludes halogenated alkanes) is 3. The van der Waals surface area contributed by atoms with Crippen molar-refractivity contribution in [1.29, 1.82) is 0 Å². The van der Waals surface area contributed by atoms with E-state index in [1.165, 1.54) is 23.2 Å². The van der Waals surface area contributed by atoms with Gasteiger partial charge < -0.3 is 9.53 Å². The van der Waals surface area contributed by atoms with Gasteiger partial charge in [0.15, 0.2) is 0 Å². The quantitative estimate of drug-likeness (QED) is 0.279. The number of rotatable bonds is 11. The van der Waals surface area contributed by atoms with Crippen LogP contribution in [-0.2, 0) is 4.43 Å². The van der Waals surface area contributed by atoms with E-state index in [1.807, 2.05) is 6.92 Å². The first-order valence-electron chi connectivity index (χ1n) is 11.5. The molecule has 1 atom stereocenters. The van der Waals surface area contributed by atoms with Crippen molar-refractivity contribution in [3.63, 3.8) is 0 Å². The minimum absolute atomic E-state index is 0.0554. The Morgan fingerprint density at radius 1 is 0.933 bits per heavy atom. The summed E-state index contributed by atoms with van der Waals surface area (Å²) in [5.41, 5.74) is 1.03. The lowest BCUT2D eigenvalue weighted by Gasteiger charge is -2.43. The highest BCUT2D eigenvalue weighted by Gasteiger charge is 2.50. The maximum atomic E-state index is 10.7. The summed E-state index contributed by atoms with van der Waals surface area (Å²) >= 11 is 0. The molecule has 0 saturated heterocycles. The predicted octanol–water partition coefficient (Wildman–Crippen LogP) is 5.84. The molecule has 1 N–H and O–H groups in total. The fraction of sp³-hybridized carbons (Fsp3) is 0.481. The monoisotopic (exact) mass is 424 g/mol. The second kappa shape index (κ2) is 11.6. The summed E-state index contributed by atoms with van der Waals surface area (Å²) in [5.74, 6) is 0. The van der Waals surface area contributed by atoms with Gasteiger partial charge in [-0.1, -0.05) is 114 Å². The Labute approximate surface area is 185 Å². The van der Waals surface area contributed by atoms with Gasteiger partial charge in [0.1, 0.15) is 0 Å². The number of aliphatic hydroxyl groups excluding tert-OH is 1. The Morgan fingerprint density at radius 3 is 1.90 bits per heavy atom. The molecule has 3 heteroatoms. The van der Waals surface area contributed by atoms with E-state index >= 15 is 0 Å². The summed E-state index contributed by atoms with van der Waals surface area (Å²) in [4.78, 5) is 0. The van der Waals surface area contributed by atoms with E-state index in [9.17, 15) is 5.11 Å². The van der Waals surface area contributed by atoms with Gasteiger partial charge in [0.2, 0.25) is 0 Å². The number of hydrogen-bond donors (Lipinski definition) is 1. The van der Waals surface area contributed by atoms with E-state index < -0.39 is 14.4 Å². The Morgan fingerprint density at radius 2 is 1.47 bits per heavy atom. The molecule has 0 fully saturated rings. The van der Waals surface area contributed by atoms with Crippen LogP contribution in [0.3, 0.4) is 0 Å². The molecular formula is C27H40O2Si. The van der Waals surface area contributed by atoms with Gasteiger partial charge in [0, 0.05) is 0 Å². The smallest absolute Gasteiger partial charge is 0.261 e. The van der Waals surface area contributed by atoms with Gasteiger partial charge in [-0.15, -0.1) is 0 Å². The standard InChI is InChI=1S/C27H40O2Si/c1-6-8-9-12-17-23(26(28)7-2)22-29-30(27(3,4)5,24-18-13-10-14-19-24)25-20-15-11-16-21-25/h10-11,13-21,26,28H,6-9,12,22H2,1-5H3/b23-17+. The molecule has 2 aromatic carbocycles. The highest BCUT2D eigenvalue weighted by molar-refractivity contribution is 6.99. The Balaban J connectivity index is 2.46. The van der Waals surface area contributed by atoms with Crippen LogP contribution < -0.4 is 10.4 Å². The average molecular weight is 425 g/mol. The molecule has 30 heavy (non-hydrogen) atoms.